The van der Waals surface area contributed by atoms with Gasteiger partial charge in [-0.2, -0.15) is 0 Å². The molecule has 2 aliphatic heterocycles. The van der Waals surface area contributed by atoms with Gasteiger partial charge in [-0.05, 0) is 57.9 Å². The van der Waals surface area contributed by atoms with Crippen LogP contribution < -0.4 is 10.6 Å². The van der Waals surface area contributed by atoms with Crippen LogP contribution in [0.25, 0.3) is 0 Å². The van der Waals surface area contributed by atoms with Crippen LogP contribution in [0.3, 0.4) is 0 Å². The van der Waals surface area contributed by atoms with Gasteiger partial charge >= 0.3 is 0 Å². The van der Waals surface area contributed by atoms with E-state index in [1.807, 2.05) is 17.0 Å². The molecule has 1 amide bonds. The summed E-state index contributed by atoms with van der Waals surface area (Å²) in [5, 5.41) is 7.27. The number of benzene rings is 1. The minimum atomic E-state index is -0.414. The molecule has 0 saturated carbocycles. The average molecular weight is 377 g/mol. The Morgan fingerprint density at radius 3 is 2.57 bits per heavy atom. The summed E-state index contributed by atoms with van der Waals surface area (Å²) in [5.74, 6) is 0.947. The van der Waals surface area contributed by atoms with E-state index in [1.165, 1.54) is 0 Å². The van der Waals surface area contributed by atoms with Crippen molar-refractivity contribution in [3.05, 3.63) is 54.4 Å². The lowest BCUT2D eigenvalue weighted by Gasteiger charge is -2.47. The number of pyridine rings is 1. The summed E-state index contributed by atoms with van der Waals surface area (Å²) in [5.41, 5.74) is 2.11. The molecule has 4 rings (SSSR count). The molecule has 1 saturated heterocycles. The van der Waals surface area contributed by atoms with E-state index >= 15 is 0 Å². The highest BCUT2D eigenvalue weighted by atomic mass is 16.2. The zero-order chi connectivity index (χ0) is 19.8. The van der Waals surface area contributed by atoms with E-state index in [4.69, 9.17) is 4.99 Å². The third-order valence-electron chi connectivity index (χ3n) is 5.16. The predicted molar refractivity (Wildman–Crippen MR) is 113 cm³/mol. The van der Waals surface area contributed by atoms with Crippen molar-refractivity contribution in [1.29, 1.82) is 0 Å². The molecule has 1 aromatic carbocycles. The Balaban J connectivity index is 1.70. The van der Waals surface area contributed by atoms with Crippen LogP contribution in [-0.4, -0.2) is 45.8 Å². The quantitative estimate of drug-likeness (QED) is 0.793. The fourth-order valence-electron chi connectivity index (χ4n) is 3.94. The van der Waals surface area contributed by atoms with Crippen molar-refractivity contribution in [3.8, 4) is 0 Å². The Labute approximate surface area is 166 Å². The molecule has 6 heteroatoms. The highest BCUT2D eigenvalue weighted by Gasteiger charge is 2.45. The van der Waals surface area contributed by atoms with Gasteiger partial charge in [0, 0.05) is 24.5 Å². The number of nitrogens with one attached hydrogen (secondary N) is 2. The van der Waals surface area contributed by atoms with Crippen molar-refractivity contribution in [2.24, 2.45) is 4.99 Å². The normalized spacial score (nSPS) is 23.1. The zero-order valence-corrected chi connectivity index (χ0v) is 16.7. The number of nitrogens with zero attached hydrogens (tertiary/aromatic N) is 3. The maximum absolute atomic E-state index is 13.1. The number of hydrogen-bond donors (Lipinski definition) is 2. The maximum Gasteiger partial charge on any atom is 0.254 e. The minimum absolute atomic E-state index is 0.0391. The van der Waals surface area contributed by atoms with Crippen LogP contribution in [0.5, 0.6) is 0 Å². The molecule has 6 nitrogen and oxygen atoms in total. The second-order valence-electron chi connectivity index (χ2n) is 8.58. The fraction of sp³-hybridized carbons (Fsp3) is 0.409. The largest absolute Gasteiger partial charge is 0.370 e. The number of carbonyl (C=O) groups excluding carboxylic acids is 1. The summed E-state index contributed by atoms with van der Waals surface area (Å²) in [6.45, 7) is 7.61. The summed E-state index contributed by atoms with van der Waals surface area (Å²) < 4.78 is 0. The number of para-hydroxylation sites is 2. The summed E-state index contributed by atoms with van der Waals surface area (Å²) in [7, 11) is 0. The molecule has 0 unspecified atom stereocenters. The van der Waals surface area contributed by atoms with Gasteiger partial charge in [0.05, 0.1) is 23.5 Å². The van der Waals surface area contributed by atoms with Gasteiger partial charge in [-0.15, -0.1) is 0 Å². The topological polar surface area (TPSA) is 69.6 Å². The van der Waals surface area contributed by atoms with Crippen molar-refractivity contribution in [2.75, 3.05) is 23.7 Å². The van der Waals surface area contributed by atoms with Crippen LogP contribution in [0, 0.1) is 0 Å². The Kier molecular flexibility index (Phi) is 4.57. The van der Waals surface area contributed by atoms with E-state index in [1.54, 1.807) is 24.5 Å². The first-order valence-electron chi connectivity index (χ1n) is 9.80. The van der Waals surface area contributed by atoms with Gasteiger partial charge in [-0.3, -0.25) is 14.8 Å². The molecule has 1 fully saturated rings. The third kappa shape index (κ3) is 3.59. The molecule has 0 bridgehead atoms. The number of rotatable bonds is 1. The third-order valence-corrected chi connectivity index (χ3v) is 5.16. The van der Waals surface area contributed by atoms with E-state index in [-0.39, 0.29) is 11.4 Å². The van der Waals surface area contributed by atoms with Crippen LogP contribution in [-0.2, 0) is 0 Å². The van der Waals surface area contributed by atoms with Crippen molar-refractivity contribution >= 4 is 23.1 Å². The Bertz CT molecular complexity index is 903. The molecule has 28 heavy (non-hydrogen) atoms. The molecule has 0 radical (unpaired) electrons. The van der Waals surface area contributed by atoms with Crippen LogP contribution in [0.2, 0.25) is 0 Å². The molecule has 2 aromatic rings. The first-order valence-corrected chi connectivity index (χ1v) is 9.80. The minimum Gasteiger partial charge on any atom is -0.370 e. The van der Waals surface area contributed by atoms with Gasteiger partial charge in [-0.25, -0.2) is 0 Å². The highest BCUT2D eigenvalue weighted by Crippen LogP contribution is 2.37. The smallest absolute Gasteiger partial charge is 0.254 e. The summed E-state index contributed by atoms with van der Waals surface area (Å²) in [6.07, 6.45) is 5.16. The SMILES string of the molecule is CC(C)(C)N=C1Nc2ccccc2N[C@]12CCCN(C(=O)c1ccncc1)C2. The Morgan fingerprint density at radius 1 is 1.14 bits per heavy atom. The molecule has 146 valence electrons. The zero-order valence-electron chi connectivity index (χ0n) is 16.7. The summed E-state index contributed by atoms with van der Waals surface area (Å²) in [4.78, 5) is 24.0. The standard InChI is InChI=1S/C22H27N5O/c1-21(2,3)26-20-22(25-18-8-5-4-7-17(18)24-20)11-6-14-27(15-22)19(28)16-9-12-23-13-10-16/h4-5,7-10,12-13,25H,6,11,14-15H2,1-3H3,(H,24,26)/t22-/m0/s1. The average Bonchev–Trinajstić information content (AvgIpc) is 2.68. The van der Waals surface area contributed by atoms with Crippen molar-refractivity contribution in [2.45, 2.75) is 44.7 Å². The monoisotopic (exact) mass is 377 g/mol. The molecular weight excluding hydrogens is 350 g/mol. The predicted octanol–water partition coefficient (Wildman–Crippen LogP) is 3.79. The number of amides is 1. The molecule has 1 atom stereocenters. The molecule has 1 spiro atoms. The summed E-state index contributed by atoms with van der Waals surface area (Å²) >= 11 is 0. The van der Waals surface area contributed by atoms with Gasteiger partial charge in [0.15, 0.2) is 0 Å². The number of hydrogen-bond acceptors (Lipinski definition) is 4. The number of fused-ring (bicyclic) bond motifs is 1. The van der Waals surface area contributed by atoms with Gasteiger partial charge in [0.2, 0.25) is 0 Å². The van der Waals surface area contributed by atoms with Gasteiger partial charge in [-0.1, -0.05) is 12.1 Å². The molecule has 2 N–H and O–H groups in total. The number of anilines is 2. The lowest BCUT2D eigenvalue weighted by molar-refractivity contribution is 0.0694. The first-order chi connectivity index (χ1) is 13.4. The van der Waals surface area contributed by atoms with Crippen LogP contribution in [0.15, 0.2) is 53.8 Å². The number of likely N-dealkylation sites (tertiary alicyclic amines) is 1. The van der Waals surface area contributed by atoms with Crippen LogP contribution >= 0.6 is 0 Å². The lowest BCUT2D eigenvalue weighted by Crippen LogP contribution is -2.63. The van der Waals surface area contributed by atoms with E-state index in [9.17, 15) is 4.79 Å². The highest BCUT2D eigenvalue weighted by molar-refractivity contribution is 6.10. The Morgan fingerprint density at radius 2 is 1.86 bits per heavy atom. The summed E-state index contributed by atoms with van der Waals surface area (Å²) in [6, 6.07) is 11.7. The molecular formula is C22H27N5O. The van der Waals surface area contributed by atoms with Crippen molar-refractivity contribution in [3.63, 3.8) is 0 Å². The fourth-order valence-corrected chi connectivity index (χ4v) is 3.94. The maximum atomic E-state index is 13.1. The van der Waals surface area contributed by atoms with E-state index in [0.717, 1.165) is 36.6 Å². The number of carbonyl (C=O) groups is 1. The lowest BCUT2D eigenvalue weighted by atomic mass is 9.84. The van der Waals surface area contributed by atoms with Crippen molar-refractivity contribution in [1.82, 2.24) is 9.88 Å². The van der Waals surface area contributed by atoms with E-state index in [2.05, 4.69) is 48.5 Å². The van der Waals surface area contributed by atoms with Crippen LogP contribution in [0.4, 0.5) is 11.4 Å². The molecule has 1 aromatic heterocycles. The molecule has 0 aliphatic carbocycles. The van der Waals surface area contributed by atoms with Crippen LogP contribution in [0.1, 0.15) is 44.0 Å². The van der Waals surface area contributed by atoms with Gasteiger partial charge in [0.1, 0.15) is 11.4 Å². The van der Waals surface area contributed by atoms with Crippen molar-refractivity contribution < 1.29 is 4.79 Å². The number of aliphatic imine (C=N–C) groups is 1. The molecule has 2 aliphatic rings. The first kappa shape index (κ1) is 18.5. The van der Waals surface area contributed by atoms with Gasteiger partial charge in [0.25, 0.3) is 5.91 Å². The van der Waals surface area contributed by atoms with E-state index < -0.39 is 5.54 Å². The number of aromatic nitrogens is 1. The van der Waals surface area contributed by atoms with E-state index in [0.29, 0.717) is 12.1 Å². The van der Waals surface area contributed by atoms with Gasteiger partial charge < -0.3 is 15.5 Å². The number of amidine groups is 1. The number of piperidine rings is 1. The second-order valence-corrected chi connectivity index (χ2v) is 8.58. The second kappa shape index (κ2) is 6.93. The molecule has 3 heterocycles. The Hall–Kier alpha value is -2.89.